The lowest BCUT2D eigenvalue weighted by atomic mass is 10.3. The molecular weight excluding hydrogens is 308 g/mol. The molecule has 1 fully saturated rings. The number of hydrogen-bond donors (Lipinski definition) is 1. The minimum Gasteiger partial charge on any atom is -0.357 e. The van der Waals surface area contributed by atoms with Crippen molar-refractivity contribution in [3.8, 4) is 6.07 Å². The molecule has 8 heteroatoms. The van der Waals surface area contributed by atoms with Gasteiger partial charge in [0.25, 0.3) is 5.56 Å². The van der Waals surface area contributed by atoms with Gasteiger partial charge in [-0.1, -0.05) is 0 Å². The minimum atomic E-state index is -0.621. The quantitative estimate of drug-likeness (QED) is 0.892. The number of aromatic nitrogens is 3. The van der Waals surface area contributed by atoms with Gasteiger partial charge in [0.05, 0.1) is 11.9 Å². The Balaban J connectivity index is 1.95. The molecule has 0 saturated carbocycles. The highest BCUT2D eigenvalue weighted by molar-refractivity contribution is 5.63. The Labute approximate surface area is 138 Å². The molecule has 0 aromatic carbocycles. The lowest BCUT2D eigenvalue weighted by Crippen LogP contribution is -2.39. The fraction of sp³-hybridized carbons (Fsp3) is 0.375. The van der Waals surface area contributed by atoms with Gasteiger partial charge in [0, 0.05) is 27.2 Å². The van der Waals surface area contributed by atoms with Crippen molar-refractivity contribution in [2.75, 3.05) is 23.3 Å². The Bertz CT molecular complexity index is 914. The summed E-state index contributed by atoms with van der Waals surface area (Å²) in [5, 5.41) is 12.2. The average molecular weight is 326 g/mol. The number of nitrogens with one attached hydrogen (secondary N) is 1. The number of hydrogen-bond acceptors (Lipinski definition) is 6. The van der Waals surface area contributed by atoms with Crippen LogP contribution in [0.2, 0.25) is 0 Å². The molecule has 0 spiro atoms. The predicted octanol–water partition coefficient (Wildman–Crippen LogP) is 0.694. The largest absolute Gasteiger partial charge is 0.357 e. The number of pyridine rings is 1. The second-order valence-corrected chi connectivity index (χ2v) is 5.77. The highest BCUT2D eigenvalue weighted by Crippen LogP contribution is 2.21. The molecule has 2 aromatic heterocycles. The summed E-state index contributed by atoms with van der Waals surface area (Å²) in [7, 11) is 2.86. The third kappa shape index (κ3) is 2.65. The zero-order valence-corrected chi connectivity index (χ0v) is 13.6. The summed E-state index contributed by atoms with van der Waals surface area (Å²) in [6.07, 6.45) is 3.97. The van der Waals surface area contributed by atoms with Crippen LogP contribution in [0.15, 0.2) is 27.9 Å². The van der Waals surface area contributed by atoms with Gasteiger partial charge in [0.2, 0.25) is 0 Å². The molecule has 0 atom stereocenters. The van der Waals surface area contributed by atoms with Gasteiger partial charge in [0.15, 0.2) is 5.56 Å². The fourth-order valence-electron chi connectivity index (χ4n) is 2.82. The molecule has 1 aliphatic heterocycles. The monoisotopic (exact) mass is 326 g/mol. The van der Waals surface area contributed by atoms with E-state index in [-0.39, 0.29) is 11.4 Å². The van der Waals surface area contributed by atoms with Crippen LogP contribution in [0.5, 0.6) is 0 Å². The van der Waals surface area contributed by atoms with Crippen LogP contribution < -0.4 is 21.5 Å². The van der Waals surface area contributed by atoms with Gasteiger partial charge in [-0.15, -0.1) is 0 Å². The van der Waals surface area contributed by atoms with Crippen LogP contribution in [-0.4, -0.2) is 27.2 Å². The summed E-state index contributed by atoms with van der Waals surface area (Å²) < 4.78 is 2.16. The highest BCUT2D eigenvalue weighted by Gasteiger charge is 2.16. The number of nitriles is 1. The molecular formula is C16H18N6O2. The molecule has 3 heterocycles. The van der Waals surface area contributed by atoms with Crippen molar-refractivity contribution < 1.29 is 0 Å². The SMILES string of the molecule is Cn1c(Nc2ccc(N3CCCC3)nc2)c(C#N)c(=O)n(C)c1=O. The minimum absolute atomic E-state index is 0.108. The fourth-order valence-corrected chi connectivity index (χ4v) is 2.82. The molecule has 0 unspecified atom stereocenters. The third-order valence-corrected chi connectivity index (χ3v) is 4.22. The molecule has 0 radical (unpaired) electrons. The molecule has 1 aliphatic rings. The molecule has 124 valence electrons. The van der Waals surface area contributed by atoms with Gasteiger partial charge >= 0.3 is 5.69 Å². The smallest absolute Gasteiger partial charge is 0.332 e. The van der Waals surface area contributed by atoms with Gasteiger partial charge in [-0.25, -0.2) is 9.78 Å². The van der Waals surface area contributed by atoms with Crippen LogP contribution >= 0.6 is 0 Å². The lowest BCUT2D eigenvalue weighted by molar-refractivity contribution is 0.689. The molecule has 8 nitrogen and oxygen atoms in total. The van der Waals surface area contributed by atoms with Crippen LogP contribution in [-0.2, 0) is 14.1 Å². The van der Waals surface area contributed by atoms with Crippen LogP contribution in [0.25, 0.3) is 0 Å². The molecule has 1 N–H and O–H groups in total. The highest BCUT2D eigenvalue weighted by atomic mass is 16.2. The van der Waals surface area contributed by atoms with Gasteiger partial charge in [-0.3, -0.25) is 13.9 Å². The summed E-state index contributed by atoms with van der Waals surface area (Å²) in [6.45, 7) is 2.00. The molecule has 0 bridgehead atoms. The van der Waals surface area contributed by atoms with E-state index >= 15 is 0 Å². The summed E-state index contributed by atoms with van der Waals surface area (Å²) in [6, 6.07) is 5.58. The zero-order chi connectivity index (χ0) is 17.3. The Morgan fingerprint density at radius 3 is 2.46 bits per heavy atom. The van der Waals surface area contributed by atoms with Gasteiger partial charge in [-0.2, -0.15) is 5.26 Å². The normalized spacial score (nSPS) is 13.8. The number of nitrogens with zero attached hydrogens (tertiary/aromatic N) is 5. The topological polar surface area (TPSA) is 95.9 Å². The first kappa shape index (κ1) is 15.8. The first-order chi connectivity index (χ1) is 11.5. The van der Waals surface area contributed by atoms with Crippen molar-refractivity contribution >= 4 is 17.3 Å². The number of anilines is 3. The third-order valence-electron chi connectivity index (χ3n) is 4.22. The van der Waals surface area contributed by atoms with E-state index in [4.69, 9.17) is 0 Å². The van der Waals surface area contributed by atoms with Gasteiger partial charge in [-0.05, 0) is 25.0 Å². The summed E-state index contributed by atoms with van der Waals surface area (Å²) in [4.78, 5) is 30.7. The summed E-state index contributed by atoms with van der Waals surface area (Å²) >= 11 is 0. The van der Waals surface area contributed by atoms with Gasteiger partial charge < -0.3 is 10.2 Å². The molecule has 0 aliphatic carbocycles. The predicted molar refractivity (Wildman–Crippen MR) is 90.6 cm³/mol. The molecule has 24 heavy (non-hydrogen) atoms. The van der Waals surface area contributed by atoms with Crippen molar-refractivity contribution in [3.05, 3.63) is 44.7 Å². The van der Waals surface area contributed by atoms with Gasteiger partial charge in [0.1, 0.15) is 17.7 Å². The second-order valence-electron chi connectivity index (χ2n) is 5.77. The van der Waals surface area contributed by atoms with Crippen molar-refractivity contribution in [3.63, 3.8) is 0 Å². The van der Waals surface area contributed by atoms with E-state index in [1.165, 1.54) is 31.5 Å². The van der Waals surface area contributed by atoms with Crippen LogP contribution in [0, 0.1) is 11.3 Å². The molecule has 3 rings (SSSR count). The number of rotatable bonds is 3. The van der Waals surface area contributed by atoms with Crippen LogP contribution in [0.1, 0.15) is 18.4 Å². The van der Waals surface area contributed by atoms with E-state index in [1.807, 2.05) is 18.2 Å². The molecule has 1 saturated heterocycles. The van der Waals surface area contributed by atoms with E-state index in [1.54, 1.807) is 6.20 Å². The van der Waals surface area contributed by atoms with E-state index in [0.29, 0.717) is 5.69 Å². The zero-order valence-electron chi connectivity index (χ0n) is 13.6. The maximum absolute atomic E-state index is 12.1. The van der Waals surface area contributed by atoms with Crippen LogP contribution in [0.3, 0.4) is 0 Å². The van der Waals surface area contributed by atoms with Crippen LogP contribution in [0.4, 0.5) is 17.3 Å². The van der Waals surface area contributed by atoms with Crippen molar-refractivity contribution in [2.24, 2.45) is 14.1 Å². The Kier molecular flexibility index (Phi) is 4.08. The summed E-state index contributed by atoms with van der Waals surface area (Å²) in [5.41, 5.74) is -0.617. The first-order valence-corrected chi connectivity index (χ1v) is 7.71. The standard InChI is InChI=1S/C16H18N6O2/c1-20-14(12(9-17)15(23)21(2)16(20)24)19-11-5-6-13(18-10-11)22-7-3-4-8-22/h5-6,10,19H,3-4,7-8H2,1-2H3. The second kappa shape index (κ2) is 6.20. The van der Waals surface area contributed by atoms with E-state index in [0.717, 1.165) is 23.5 Å². The van der Waals surface area contributed by atoms with E-state index < -0.39 is 11.2 Å². The van der Waals surface area contributed by atoms with Crippen molar-refractivity contribution in [1.29, 1.82) is 5.26 Å². The lowest BCUT2D eigenvalue weighted by Gasteiger charge is -2.17. The van der Waals surface area contributed by atoms with E-state index in [2.05, 4.69) is 15.2 Å². The maximum Gasteiger partial charge on any atom is 0.332 e. The molecule has 0 amide bonds. The maximum atomic E-state index is 12.1. The Hall–Kier alpha value is -3.08. The Morgan fingerprint density at radius 2 is 1.88 bits per heavy atom. The Morgan fingerprint density at radius 1 is 1.17 bits per heavy atom. The van der Waals surface area contributed by atoms with Crippen molar-refractivity contribution in [2.45, 2.75) is 12.8 Å². The molecule has 2 aromatic rings. The summed E-state index contributed by atoms with van der Waals surface area (Å²) in [5.74, 6) is 1.07. The van der Waals surface area contributed by atoms with E-state index in [9.17, 15) is 14.9 Å². The van der Waals surface area contributed by atoms with Crippen molar-refractivity contribution in [1.82, 2.24) is 14.1 Å². The first-order valence-electron chi connectivity index (χ1n) is 7.71. The average Bonchev–Trinajstić information content (AvgIpc) is 3.13.